The summed E-state index contributed by atoms with van der Waals surface area (Å²) in [5.41, 5.74) is 3.41. The molecule has 2 fully saturated rings. The van der Waals surface area contributed by atoms with Gasteiger partial charge >= 0.3 is 0 Å². The van der Waals surface area contributed by atoms with Crippen LogP contribution in [0.5, 0.6) is 0 Å². The van der Waals surface area contributed by atoms with E-state index in [0.717, 1.165) is 75.6 Å². The highest BCUT2D eigenvalue weighted by Crippen LogP contribution is 2.16. The van der Waals surface area contributed by atoms with Crippen LogP contribution in [0, 0.1) is 6.92 Å². The maximum atomic E-state index is 12.3. The fraction of sp³-hybridized carbons (Fsp3) is 0.500. The van der Waals surface area contributed by atoms with Gasteiger partial charge in [0.1, 0.15) is 0 Å². The first-order valence-corrected chi connectivity index (χ1v) is 10.3. The van der Waals surface area contributed by atoms with E-state index in [1.54, 1.807) is 0 Å². The lowest BCUT2D eigenvalue weighted by molar-refractivity contribution is -0.131. The first kappa shape index (κ1) is 19.0. The van der Waals surface area contributed by atoms with E-state index >= 15 is 0 Å². The fourth-order valence-corrected chi connectivity index (χ4v) is 3.99. The second kappa shape index (κ2) is 8.80. The molecule has 0 N–H and O–H groups in total. The van der Waals surface area contributed by atoms with Crippen LogP contribution < -0.4 is 0 Å². The summed E-state index contributed by atoms with van der Waals surface area (Å²) in [6.07, 6.45) is 6.19. The van der Waals surface area contributed by atoms with Gasteiger partial charge in [0.2, 0.25) is 5.91 Å². The lowest BCUT2D eigenvalue weighted by atomic mass is 10.1. The summed E-state index contributed by atoms with van der Waals surface area (Å²) in [4.78, 5) is 28.1. The first-order chi connectivity index (χ1) is 13.7. The van der Waals surface area contributed by atoms with Gasteiger partial charge in [0, 0.05) is 69.3 Å². The van der Waals surface area contributed by atoms with Crippen LogP contribution in [0.3, 0.4) is 0 Å². The Hall–Kier alpha value is -2.31. The zero-order chi connectivity index (χ0) is 19.3. The number of aryl methyl sites for hydroxylation is 1. The number of rotatable bonds is 5. The fourth-order valence-electron chi connectivity index (χ4n) is 3.99. The highest BCUT2D eigenvalue weighted by atomic mass is 16.2. The van der Waals surface area contributed by atoms with E-state index in [1.807, 2.05) is 29.4 Å². The average molecular weight is 380 g/mol. The van der Waals surface area contributed by atoms with Crippen LogP contribution in [0.2, 0.25) is 0 Å². The summed E-state index contributed by atoms with van der Waals surface area (Å²) in [7, 11) is 0. The Morgan fingerprint density at radius 1 is 0.964 bits per heavy atom. The minimum Gasteiger partial charge on any atom is -0.342 e. The second-order valence-electron chi connectivity index (χ2n) is 7.92. The van der Waals surface area contributed by atoms with Crippen LogP contribution >= 0.6 is 0 Å². The molecule has 1 aromatic heterocycles. The normalized spacial score (nSPS) is 18.5. The number of likely N-dealkylation sites (tertiary alicyclic amines) is 1. The maximum absolute atomic E-state index is 12.3. The number of hydrogen-bond acceptors (Lipinski definition) is 5. The monoisotopic (exact) mass is 379 g/mol. The van der Waals surface area contributed by atoms with Gasteiger partial charge in [0.15, 0.2) is 5.82 Å². The van der Waals surface area contributed by atoms with Crippen LogP contribution in [-0.4, -0.2) is 76.4 Å². The zero-order valence-corrected chi connectivity index (χ0v) is 16.7. The Balaban J connectivity index is 1.26. The molecule has 0 radical (unpaired) electrons. The van der Waals surface area contributed by atoms with E-state index in [9.17, 15) is 4.79 Å². The molecule has 0 atom stereocenters. The maximum Gasteiger partial charge on any atom is 0.236 e. The van der Waals surface area contributed by atoms with Gasteiger partial charge in [-0.1, -0.05) is 23.8 Å². The van der Waals surface area contributed by atoms with Gasteiger partial charge in [0.05, 0.1) is 6.54 Å². The molecule has 0 bridgehead atoms. The Morgan fingerprint density at radius 3 is 2.32 bits per heavy atom. The van der Waals surface area contributed by atoms with E-state index in [1.165, 1.54) is 5.56 Å². The van der Waals surface area contributed by atoms with Crippen molar-refractivity contribution in [3.8, 4) is 11.4 Å². The lowest BCUT2D eigenvalue weighted by Gasteiger charge is -2.34. The summed E-state index contributed by atoms with van der Waals surface area (Å²) in [6.45, 7) is 9.25. The number of piperazine rings is 1. The summed E-state index contributed by atoms with van der Waals surface area (Å²) in [5.74, 6) is 1.07. The number of carbonyl (C=O) groups excluding carboxylic acids is 1. The quantitative estimate of drug-likeness (QED) is 0.797. The van der Waals surface area contributed by atoms with Gasteiger partial charge in [0.25, 0.3) is 0 Å². The smallest absolute Gasteiger partial charge is 0.236 e. The summed E-state index contributed by atoms with van der Waals surface area (Å²) in [6, 6.07) is 8.27. The zero-order valence-electron chi connectivity index (χ0n) is 16.7. The average Bonchev–Trinajstić information content (AvgIpc) is 3.25. The van der Waals surface area contributed by atoms with Crippen molar-refractivity contribution in [2.24, 2.45) is 0 Å². The van der Waals surface area contributed by atoms with Crippen LogP contribution in [0.4, 0.5) is 0 Å². The van der Waals surface area contributed by atoms with Gasteiger partial charge in [-0.15, -0.1) is 0 Å². The van der Waals surface area contributed by atoms with E-state index in [-0.39, 0.29) is 0 Å². The predicted octanol–water partition coefficient (Wildman–Crippen LogP) is 2.19. The molecule has 1 aromatic carbocycles. The van der Waals surface area contributed by atoms with Crippen molar-refractivity contribution in [2.75, 3.05) is 45.8 Å². The molecule has 4 rings (SSSR count). The Labute approximate surface area is 167 Å². The molecule has 2 saturated heterocycles. The molecule has 2 aromatic rings. The molecule has 0 spiro atoms. The van der Waals surface area contributed by atoms with E-state index in [2.05, 4.69) is 38.8 Å². The lowest BCUT2D eigenvalue weighted by Crippen LogP contribution is -2.49. The number of nitrogens with zero attached hydrogens (tertiary/aromatic N) is 5. The molecular weight excluding hydrogens is 350 g/mol. The molecule has 28 heavy (non-hydrogen) atoms. The second-order valence-corrected chi connectivity index (χ2v) is 7.92. The van der Waals surface area contributed by atoms with Crippen LogP contribution in [0.1, 0.15) is 24.0 Å². The predicted molar refractivity (Wildman–Crippen MR) is 110 cm³/mol. The highest BCUT2D eigenvalue weighted by Gasteiger charge is 2.23. The van der Waals surface area contributed by atoms with Crippen molar-refractivity contribution in [3.05, 3.63) is 47.8 Å². The molecule has 0 unspecified atom stereocenters. The molecule has 0 aliphatic carbocycles. The molecule has 2 aliphatic rings. The highest BCUT2D eigenvalue weighted by molar-refractivity contribution is 5.78. The van der Waals surface area contributed by atoms with Gasteiger partial charge in [-0.2, -0.15) is 0 Å². The molecule has 2 aliphatic heterocycles. The number of amides is 1. The van der Waals surface area contributed by atoms with Crippen molar-refractivity contribution in [1.82, 2.24) is 24.7 Å². The van der Waals surface area contributed by atoms with Crippen LogP contribution in [0.25, 0.3) is 11.4 Å². The van der Waals surface area contributed by atoms with Crippen LogP contribution in [0.15, 0.2) is 36.7 Å². The summed E-state index contributed by atoms with van der Waals surface area (Å²) in [5, 5.41) is 0. The number of hydrogen-bond donors (Lipinski definition) is 0. The van der Waals surface area contributed by atoms with Gasteiger partial charge in [-0.05, 0) is 25.8 Å². The Bertz CT molecular complexity index is 793. The molecule has 148 valence electrons. The Morgan fingerprint density at radius 2 is 1.64 bits per heavy atom. The third-order valence-corrected chi connectivity index (χ3v) is 5.67. The minimum absolute atomic E-state index is 0.297. The van der Waals surface area contributed by atoms with Gasteiger partial charge in [-0.25, -0.2) is 9.97 Å². The Kier molecular flexibility index (Phi) is 5.98. The van der Waals surface area contributed by atoms with Crippen LogP contribution in [-0.2, 0) is 11.3 Å². The third kappa shape index (κ3) is 4.75. The van der Waals surface area contributed by atoms with Crippen molar-refractivity contribution in [3.63, 3.8) is 0 Å². The van der Waals surface area contributed by atoms with E-state index in [4.69, 9.17) is 0 Å². The molecule has 6 heteroatoms. The van der Waals surface area contributed by atoms with Gasteiger partial charge < -0.3 is 4.90 Å². The number of aromatic nitrogens is 2. The van der Waals surface area contributed by atoms with E-state index < -0.39 is 0 Å². The topological polar surface area (TPSA) is 52.6 Å². The summed E-state index contributed by atoms with van der Waals surface area (Å²) >= 11 is 0. The number of benzene rings is 1. The van der Waals surface area contributed by atoms with Crippen molar-refractivity contribution < 1.29 is 4.79 Å². The SMILES string of the molecule is Cc1cccc(-c2ncc(CN3CCN(CC(=O)N4CCCC4)CC3)cn2)c1. The summed E-state index contributed by atoms with van der Waals surface area (Å²) < 4.78 is 0. The largest absolute Gasteiger partial charge is 0.342 e. The van der Waals surface area contributed by atoms with E-state index in [0.29, 0.717) is 12.5 Å². The van der Waals surface area contributed by atoms with Crippen molar-refractivity contribution in [1.29, 1.82) is 0 Å². The number of carbonyl (C=O) groups is 1. The first-order valence-electron chi connectivity index (χ1n) is 10.3. The van der Waals surface area contributed by atoms with Crippen molar-refractivity contribution >= 4 is 5.91 Å². The molecule has 6 nitrogen and oxygen atoms in total. The molecule has 0 saturated carbocycles. The van der Waals surface area contributed by atoms with Crippen molar-refractivity contribution in [2.45, 2.75) is 26.3 Å². The molecule has 1 amide bonds. The standard InChI is InChI=1S/C22H29N5O/c1-18-5-4-6-20(13-18)22-23-14-19(15-24-22)16-25-9-11-26(12-10-25)17-21(28)27-7-2-3-8-27/h4-6,13-15H,2-3,7-12,16-17H2,1H3. The molecular formula is C22H29N5O. The minimum atomic E-state index is 0.297. The molecule has 3 heterocycles. The van der Waals surface area contributed by atoms with Gasteiger partial charge in [-0.3, -0.25) is 14.6 Å². The third-order valence-electron chi connectivity index (χ3n) is 5.67.